The zero-order valence-corrected chi connectivity index (χ0v) is 17.1. The molecule has 6 nitrogen and oxygen atoms in total. The predicted octanol–water partition coefficient (Wildman–Crippen LogP) is 5.63. The average Bonchev–Trinajstić information content (AvgIpc) is 3.25. The number of hydrogen-bond acceptors (Lipinski definition) is 5. The summed E-state index contributed by atoms with van der Waals surface area (Å²) in [5.74, 6) is 1.12. The highest BCUT2D eigenvalue weighted by Gasteiger charge is 2.12. The normalized spacial score (nSPS) is 10.6. The maximum atomic E-state index is 12.5. The molecule has 7 heteroatoms. The van der Waals surface area contributed by atoms with Crippen LogP contribution in [0.1, 0.15) is 15.9 Å². The highest BCUT2D eigenvalue weighted by atomic mass is 35.5. The Balaban J connectivity index is 1.48. The van der Waals surface area contributed by atoms with Crippen molar-refractivity contribution < 1.29 is 13.9 Å². The molecule has 4 rings (SSSR count). The van der Waals surface area contributed by atoms with E-state index >= 15 is 0 Å². The van der Waals surface area contributed by atoms with Crippen molar-refractivity contribution in [3.8, 4) is 28.7 Å². The highest BCUT2D eigenvalue weighted by molar-refractivity contribution is 6.32. The van der Waals surface area contributed by atoms with Crippen LogP contribution in [0, 0.1) is 6.92 Å². The van der Waals surface area contributed by atoms with Crippen LogP contribution in [0.3, 0.4) is 0 Å². The molecule has 150 valence electrons. The molecule has 4 aromatic rings. The quantitative estimate of drug-likeness (QED) is 0.453. The van der Waals surface area contributed by atoms with Crippen LogP contribution in [0.2, 0.25) is 5.02 Å². The lowest BCUT2D eigenvalue weighted by Gasteiger charge is -2.08. The fourth-order valence-electron chi connectivity index (χ4n) is 2.86. The third kappa shape index (κ3) is 4.18. The molecule has 0 atom stereocenters. The summed E-state index contributed by atoms with van der Waals surface area (Å²) < 4.78 is 10.9. The van der Waals surface area contributed by atoms with Crippen molar-refractivity contribution in [1.82, 2.24) is 10.2 Å². The molecule has 1 aromatic heterocycles. The van der Waals surface area contributed by atoms with E-state index in [4.69, 9.17) is 20.8 Å². The Kier molecular flexibility index (Phi) is 5.50. The number of carbonyl (C=O) groups is 1. The topological polar surface area (TPSA) is 77.2 Å². The first kappa shape index (κ1) is 19.7. The Labute approximate surface area is 178 Å². The Hall–Kier alpha value is -3.64. The molecule has 0 aliphatic rings. The molecule has 0 bridgehead atoms. The van der Waals surface area contributed by atoms with Crippen LogP contribution in [-0.2, 0) is 0 Å². The lowest BCUT2D eigenvalue weighted by molar-refractivity contribution is 0.102. The molecule has 0 aliphatic heterocycles. The van der Waals surface area contributed by atoms with Crippen molar-refractivity contribution >= 4 is 23.2 Å². The van der Waals surface area contributed by atoms with E-state index in [1.165, 1.54) is 7.11 Å². The van der Waals surface area contributed by atoms with E-state index in [0.29, 0.717) is 33.8 Å². The van der Waals surface area contributed by atoms with Gasteiger partial charge in [0.25, 0.3) is 5.91 Å². The Bertz CT molecular complexity index is 1190. The summed E-state index contributed by atoms with van der Waals surface area (Å²) >= 11 is 6.10. The molecule has 1 heterocycles. The first-order chi connectivity index (χ1) is 14.5. The molecule has 0 saturated heterocycles. The number of halogens is 1. The van der Waals surface area contributed by atoms with Crippen LogP contribution in [0.4, 0.5) is 5.69 Å². The number of aromatic nitrogens is 2. The Morgan fingerprint density at radius 2 is 1.53 bits per heavy atom. The van der Waals surface area contributed by atoms with Crippen molar-refractivity contribution in [2.24, 2.45) is 0 Å². The molecular formula is C23H18ClN3O3. The number of anilines is 1. The second-order valence-electron chi connectivity index (χ2n) is 6.66. The largest absolute Gasteiger partial charge is 0.495 e. The van der Waals surface area contributed by atoms with Gasteiger partial charge in [-0.25, -0.2) is 0 Å². The summed E-state index contributed by atoms with van der Waals surface area (Å²) in [5, 5.41) is 11.5. The van der Waals surface area contributed by atoms with Crippen molar-refractivity contribution in [2.45, 2.75) is 6.92 Å². The van der Waals surface area contributed by atoms with Crippen LogP contribution in [0.15, 0.2) is 71.1 Å². The van der Waals surface area contributed by atoms with Gasteiger partial charge in [-0.2, -0.15) is 0 Å². The highest BCUT2D eigenvalue weighted by Crippen LogP contribution is 2.28. The summed E-state index contributed by atoms with van der Waals surface area (Å²) in [7, 11) is 1.54. The van der Waals surface area contributed by atoms with E-state index in [0.717, 1.165) is 16.7 Å². The number of hydrogen-bond donors (Lipinski definition) is 1. The van der Waals surface area contributed by atoms with Gasteiger partial charge < -0.3 is 14.5 Å². The first-order valence-corrected chi connectivity index (χ1v) is 9.57. The minimum Gasteiger partial charge on any atom is -0.495 e. The number of aryl methyl sites for hydroxylation is 1. The van der Waals surface area contributed by atoms with Crippen molar-refractivity contribution in [2.75, 3.05) is 12.4 Å². The monoisotopic (exact) mass is 419 g/mol. The smallest absolute Gasteiger partial charge is 0.255 e. The SMILES string of the molecule is COc1ccc(NC(=O)c2ccc(-c3nnc(-c4ccc(C)cc4)o3)cc2)cc1Cl. The summed E-state index contributed by atoms with van der Waals surface area (Å²) in [6.45, 7) is 2.02. The maximum Gasteiger partial charge on any atom is 0.255 e. The second-order valence-corrected chi connectivity index (χ2v) is 7.07. The van der Waals surface area contributed by atoms with Gasteiger partial charge in [-0.3, -0.25) is 4.79 Å². The number of rotatable bonds is 5. The summed E-state index contributed by atoms with van der Waals surface area (Å²) in [6, 6.07) is 19.8. The van der Waals surface area contributed by atoms with Crippen LogP contribution < -0.4 is 10.1 Å². The van der Waals surface area contributed by atoms with Gasteiger partial charge >= 0.3 is 0 Å². The van der Waals surface area contributed by atoms with Crippen molar-refractivity contribution in [3.63, 3.8) is 0 Å². The molecule has 3 aromatic carbocycles. The van der Waals surface area contributed by atoms with Gasteiger partial charge in [-0.15, -0.1) is 10.2 Å². The van der Waals surface area contributed by atoms with Crippen LogP contribution in [0.25, 0.3) is 22.9 Å². The number of carbonyl (C=O) groups excluding carboxylic acids is 1. The number of amides is 1. The van der Waals surface area contributed by atoms with Crippen molar-refractivity contribution in [3.05, 3.63) is 82.9 Å². The first-order valence-electron chi connectivity index (χ1n) is 9.19. The molecule has 0 unspecified atom stereocenters. The van der Waals surface area contributed by atoms with E-state index in [-0.39, 0.29) is 5.91 Å². The van der Waals surface area contributed by atoms with Crippen LogP contribution >= 0.6 is 11.6 Å². The Morgan fingerprint density at radius 1 is 0.933 bits per heavy atom. The van der Waals surface area contributed by atoms with E-state index in [1.807, 2.05) is 31.2 Å². The number of methoxy groups -OCH3 is 1. The summed E-state index contributed by atoms with van der Waals surface area (Å²) in [6.07, 6.45) is 0. The molecule has 1 amide bonds. The fourth-order valence-corrected chi connectivity index (χ4v) is 3.12. The molecular weight excluding hydrogens is 402 g/mol. The number of nitrogens with one attached hydrogen (secondary N) is 1. The van der Waals surface area contributed by atoms with E-state index < -0.39 is 0 Å². The third-order valence-corrected chi connectivity index (χ3v) is 4.82. The van der Waals surface area contributed by atoms with Gasteiger partial charge in [0.1, 0.15) is 5.75 Å². The molecule has 0 saturated carbocycles. The van der Waals surface area contributed by atoms with Gasteiger partial charge in [0.05, 0.1) is 12.1 Å². The average molecular weight is 420 g/mol. The molecule has 0 aliphatic carbocycles. The Morgan fingerprint density at radius 3 is 2.10 bits per heavy atom. The number of ether oxygens (including phenoxy) is 1. The minimum absolute atomic E-state index is 0.256. The van der Waals surface area contributed by atoms with E-state index in [9.17, 15) is 4.79 Å². The number of nitrogens with zero attached hydrogens (tertiary/aromatic N) is 2. The predicted molar refractivity (Wildman–Crippen MR) is 116 cm³/mol. The third-order valence-electron chi connectivity index (χ3n) is 4.53. The lowest BCUT2D eigenvalue weighted by atomic mass is 10.1. The molecule has 0 radical (unpaired) electrons. The standard InChI is InChI=1S/C23H18ClN3O3/c1-14-3-5-16(6-4-14)22-26-27-23(30-22)17-9-7-15(8-10-17)21(28)25-18-11-12-20(29-2)19(24)13-18/h3-13H,1-2H3,(H,25,28). The van der Waals surface area contributed by atoms with Gasteiger partial charge in [0, 0.05) is 22.4 Å². The zero-order valence-electron chi connectivity index (χ0n) is 16.3. The second kappa shape index (κ2) is 8.39. The van der Waals surface area contributed by atoms with Gasteiger partial charge in [0.15, 0.2) is 0 Å². The summed E-state index contributed by atoms with van der Waals surface area (Å²) in [4.78, 5) is 12.5. The van der Waals surface area contributed by atoms with Crippen LogP contribution in [-0.4, -0.2) is 23.2 Å². The number of benzene rings is 3. The van der Waals surface area contributed by atoms with Gasteiger partial charge in [-0.05, 0) is 61.5 Å². The maximum absolute atomic E-state index is 12.5. The van der Waals surface area contributed by atoms with Gasteiger partial charge in [0.2, 0.25) is 11.8 Å². The van der Waals surface area contributed by atoms with Gasteiger partial charge in [-0.1, -0.05) is 29.3 Å². The van der Waals surface area contributed by atoms with Crippen LogP contribution in [0.5, 0.6) is 5.75 Å². The molecule has 0 spiro atoms. The molecule has 30 heavy (non-hydrogen) atoms. The minimum atomic E-state index is -0.256. The zero-order chi connectivity index (χ0) is 21.1. The lowest BCUT2D eigenvalue weighted by Crippen LogP contribution is -2.11. The van der Waals surface area contributed by atoms with E-state index in [1.54, 1.807) is 42.5 Å². The van der Waals surface area contributed by atoms with Crippen molar-refractivity contribution in [1.29, 1.82) is 0 Å². The summed E-state index contributed by atoms with van der Waals surface area (Å²) in [5.41, 5.74) is 3.81. The van der Waals surface area contributed by atoms with E-state index in [2.05, 4.69) is 15.5 Å². The molecule has 1 N–H and O–H groups in total. The fraction of sp³-hybridized carbons (Fsp3) is 0.0870. The molecule has 0 fully saturated rings.